The molecule has 0 aliphatic carbocycles. The van der Waals surface area contributed by atoms with Gasteiger partial charge in [-0.25, -0.2) is 12.8 Å². The van der Waals surface area contributed by atoms with Crippen LogP contribution in [-0.4, -0.2) is 64.4 Å². The molecule has 0 atom stereocenters. The number of amides is 1. The van der Waals surface area contributed by atoms with Gasteiger partial charge in [0, 0.05) is 38.1 Å². The van der Waals surface area contributed by atoms with E-state index in [0.29, 0.717) is 6.07 Å². The molecular formula is C22H21F7N2O4S. The second-order valence-corrected chi connectivity index (χ2v) is 10.1. The van der Waals surface area contributed by atoms with Gasteiger partial charge in [0.1, 0.15) is 11.6 Å². The molecular weight excluding hydrogens is 521 g/mol. The Labute approximate surface area is 202 Å². The van der Waals surface area contributed by atoms with E-state index in [1.807, 2.05) is 0 Å². The van der Waals surface area contributed by atoms with Crippen molar-refractivity contribution in [2.45, 2.75) is 23.7 Å². The maximum atomic E-state index is 13.9. The van der Waals surface area contributed by atoms with Crippen molar-refractivity contribution < 1.29 is 48.7 Å². The highest BCUT2D eigenvalue weighted by Gasteiger charge is 2.34. The number of hydrogen-bond donors (Lipinski definition) is 0. The van der Waals surface area contributed by atoms with Gasteiger partial charge >= 0.3 is 12.4 Å². The molecule has 0 bridgehead atoms. The van der Waals surface area contributed by atoms with Crippen molar-refractivity contribution in [2.75, 3.05) is 43.9 Å². The van der Waals surface area contributed by atoms with Crippen LogP contribution in [-0.2, 0) is 16.0 Å². The van der Waals surface area contributed by atoms with Crippen LogP contribution in [0.5, 0.6) is 5.75 Å². The Kier molecular flexibility index (Phi) is 7.77. The van der Waals surface area contributed by atoms with Gasteiger partial charge in [-0.15, -0.1) is 0 Å². The number of carbonyl (C=O) groups excluding carboxylic acids is 1. The predicted molar refractivity (Wildman–Crippen MR) is 115 cm³/mol. The fourth-order valence-corrected chi connectivity index (χ4v) is 4.23. The van der Waals surface area contributed by atoms with Gasteiger partial charge in [0.25, 0.3) is 5.91 Å². The molecule has 3 rings (SSSR count). The minimum Gasteiger partial charge on any atom is -0.492 e. The third-order valence-corrected chi connectivity index (χ3v) is 6.55. The van der Waals surface area contributed by atoms with Gasteiger partial charge in [-0.05, 0) is 36.4 Å². The second-order valence-electron chi connectivity index (χ2n) is 8.08. The third-order valence-electron chi connectivity index (χ3n) is 5.44. The summed E-state index contributed by atoms with van der Waals surface area (Å²) in [5.74, 6) is -2.35. The quantitative estimate of drug-likeness (QED) is 0.502. The van der Waals surface area contributed by atoms with Gasteiger partial charge in [-0.3, -0.25) is 4.79 Å². The highest BCUT2D eigenvalue weighted by Crippen LogP contribution is 2.33. The highest BCUT2D eigenvalue weighted by molar-refractivity contribution is 7.90. The van der Waals surface area contributed by atoms with E-state index < -0.39 is 52.5 Å². The van der Waals surface area contributed by atoms with Crippen molar-refractivity contribution in [1.29, 1.82) is 0 Å². The molecule has 0 N–H and O–H groups in total. The number of alkyl halides is 6. The Morgan fingerprint density at radius 1 is 0.972 bits per heavy atom. The number of anilines is 1. The van der Waals surface area contributed by atoms with Gasteiger partial charge < -0.3 is 14.5 Å². The summed E-state index contributed by atoms with van der Waals surface area (Å²) in [4.78, 5) is 15.8. The second kappa shape index (κ2) is 10.1. The van der Waals surface area contributed by atoms with Crippen LogP contribution in [0.3, 0.4) is 0 Å². The van der Waals surface area contributed by atoms with E-state index >= 15 is 0 Å². The lowest BCUT2D eigenvalue weighted by atomic mass is 10.1. The Morgan fingerprint density at radius 3 is 2.14 bits per heavy atom. The van der Waals surface area contributed by atoms with E-state index in [1.165, 1.54) is 4.90 Å². The van der Waals surface area contributed by atoms with E-state index in [1.54, 1.807) is 4.90 Å². The first-order chi connectivity index (χ1) is 16.6. The molecule has 1 amide bonds. The molecule has 1 aliphatic heterocycles. The SMILES string of the molecule is CS(=O)(=O)c1ccc(OCCC(F)(F)F)c(C(=O)N2CCN(c3ccc(C(F)(F)F)c(F)c3)CC2)c1. The van der Waals surface area contributed by atoms with Gasteiger partial charge in [0.15, 0.2) is 9.84 Å². The van der Waals surface area contributed by atoms with Crippen molar-refractivity contribution in [2.24, 2.45) is 0 Å². The van der Waals surface area contributed by atoms with Crippen molar-refractivity contribution in [3.05, 3.63) is 53.3 Å². The molecule has 0 radical (unpaired) electrons. The summed E-state index contributed by atoms with van der Waals surface area (Å²) in [7, 11) is -3.74. The fraction of sp³-hybridized carbons (Fsp3) is 0.409. The topological polar surface area (TPSA) is 66.9 Å². The molecule has 198 valence electrons. The van der Waals surface area contributed by atoms with E-state index in [4.69, 9.17) is 4.74 Å². The maximum absolute atomic E-state index is 13.9. The average Bonchev–Trinajstić information content (AvgIpc) is 2.76. The zero-order chi connectivity index (χ0) is 26.9. The van der Waals surface area contributed by atoms with Gasteiger partial charge in [0.05, 0.1) is 29.1 Å². The van der Waals surface area contributed by atoms with Gasteiger partial charge in [-0.1, -0.05) is 0 Å². The largest absolute Gasteiger partial charge is 0.492 e. The zero-order valence-corrected chi connectivity index (χ0v) is 19.6. The molecule has 1 fully saturated rings. The van der Waals surface area contributed by atoms with Crippen molar-refractivity contribution in [3.8, 4) is 5.75 Å². The maximum Gasteiger partial charge on any atom is 0.419 e. The number of carbonyl (C=O) groups is 1. The summed E-state index contributed by atoms with van der Waals surface area (Å²) >= 11 is 0. The number of sulfone groups is 1. The zero-order valence-electron chi connectivity index (χ0n) is 18.8. The van der Waals surface area contributed by atoms with E-state index in [9.17, 15) is 43.9 Å². The number of rotatable bonds is 6. The fourth-order valence-electron chi connectivity index (χ4n) is 3.58. The predicted octanol–water partition coefficient (Wildman–Crippen LogP) is 4.54. The standard InChI is InChI=1S/C22H21F7N2O4S/c1-36(33,34)15-3-5-19(35-11-6-21(24,25)26)16(13-15)20(32)31-9-7-30(8-10-31)14-2-4-17(18(23)12-14)22(27,28)29/h2-5,12-13H,6-11H2,1H3. The Bertz CT molecular complexity index is 1220. The van der Waals surface area contributed by atoms with Crippen LogP contribution >= 0.6 is 0 Å². The number of ether oxygens (including phenoxy) is 1. The number of piperazine rings is 1. The normalized spacial score (nSPS) is 15.2. The molecule has 2 aromatic rings. The lowest BCUT2D eigenvalue weighted by Crippen LogP contribution is -2.49. The molecule has 0 saturated carbocycles. The van der Waals surface area contributed by atoms with Crippen LogP contribution in [0.1, 0.15) is 22.3 Å². The summed E-state index contributed by atoms with van der Waals surface area (Å²) in [6.45, 7) is -0.479. The van der Waals surface area contributed by atoms with E-state index in [2.05, 4.69) is 0 Å². The van der Waals surface area contributed by atoms with Crippen LogP contribution in [0, 0.1) is 5.82 Å². The molecule has 6 nitrogen and oxygen atoms in total. The van der Waals surface area contributed by atoms with Gasteiger partial charge in [0.2, 0.25) is 0 Å². The number of nitrogens with zero attached hydrogens (tertiary/aromatic N) is 2. The first-order valence-electron chi connectivity index (χ1n) is 10.5. The van der Waals surface area contributed by atoms with Crippen LogP contribution in [0.4, 0.5) is 36.4 Å². The monoisotopic (exact) mass is 542 g/mol. The van der Waals surface area contributed by atoms with E-state index in [0.717, 1.165) is 36.6 Å². The molecule has 36 heavy (non-hydrogen) atoms. The average molecular weight is 542 g/mol. The molecule has 1 saturated heterocycles. The molecule has 2 aromatic carbocycles. The number of benzene rings is 2. The summed E-state index contributed by atoms with van der Waals surface area (Å²) in [5.41, 5.74) is -1.46. The summed E-state index contributed by atoms with van der Waals surface area (Å²) < 4.78 is 119. The van der Waals surface area contributed by atoms with E-state index in [-0.39, 0.29) is 48.1 Å². The summed E-state index contributed by atoms with van der Waals surface area (Å²) in [6, 6.07) is 5.75. The molecule has 0 unspecified atom stereocenters. The molecule has 0 spiro atoms. The Balaban J connectivity index is 1.77. The first-order valence-corrected chi connectivity index (χ1v) is 12.4. The lowest BCUT2D eigenvalue weighted by Gasteiger charge is -2.36. The summed E-state index contributed by atoms with van der Waals surface area (Å²) in [5, 5.41) is 0. The lowest BCUT2D eigenvalue weighted by molar-refractivity contribution is -0.140. The minimum absolute atomic E-state index is 0.0343. The van der Waals surface area contributed by atoms with Crippen LogP contribution in [0.25, 0.3) is 0 Å². The summed E-state index contributed by atoms with van der Waals surface area (Å²) in [6.07, 6.45) is -9.71. The Morgan fingerprint density at radius 2 is 1.61 bits per heavy atom. The molecule has 0 aromatic heterocycles. The first kappa shape index (κ1) is 27.6. The van der Waals surface area contributed by atoms with Crippen molar-refractivity contribution in [1.82, 2.24) is 4.90 Å². The Hall–Kier alpha value is -3.03. The van der Waals surface area contributed by atoms with Crippen LogP contribution < -0.4 is 9.64 Å². The van der Waals surface area contributed by atoms with Gasteiger partial charge in [-0.2, -0.15) is 26.3 Å². The van der Waals surface area contributed by atoms with Crippen LogP contribution in [0.2, 0.25) is 0 Å². The molecule has 1 aliphatic rings. The molecule has 14 heteroatoms. The third kappa shape index (κ3) is 6.80. The number of hydrogen-bond acceptors (Lipinski definition) is 5. The minimum atomic E-state index is -4.84. The van der Waals surface area contributed by atoms with Crippen LogP contribution in [0.15, 0.2) is 41.3 Å². The molecule has 1 heterocycles. The highest BCUT2D eigenvalue weighted by atomic mass is 32.2. The van der Waals surface area contributed by atoms with Crippen molar-refractivity contribution >= 4 is 21.4 Å². The number of halogens is 7. The van der Waals surface area contributed by atoms with Crippen molar-refractivity contribution in [3.63, 3.8) is 0 Å². The smallest absolute Gasteiger partial charge is 0.419 e.